The van der Waals surface area contributed by atoms with Crippen LogP contribution < -0.4 is 5.73 Å². The van der Waals surface area contributed by atoms with Gasteiger partial charge >= 0.3 is 0 Å². The van der Waals surface area contributed by atoms with Crippen LogP contribution in [0.5, 0.6) is 0 Å². The zero-order chi connectivity index (χ0) is 13.8. The lowest BCUT2D eigenvalue weighted by atomic mass is 10.0. The van der Waals surface area contributed by atoms with Crippen LogP contribution in [-0.4, -0.2) is 31.2 Å². The van der Waals surface area contributed by atoms with Crippen LogP contribution in [0, 0.1) is 12.8 Å². The molecule has 2 N–H and O–H groups in total. The molecule has 1 aromatic rings. The fourth-order valence-corrected chi connectivity index (χ4v) is 2.61. The number of methoxy groups -OCH3 is 1. The molecule has 1 unspecified atom stereocenters. The summed E-state index contributed by atoms with van der Waals surface area (Å²) in [6.45, 7) is 7.20. The molecule has 3 heteroatoms. The normalized spacial score (nSPS) is 16.8. The topological polar surface area (TPSA) is 38.5 Å². The van der Waals surface area contributed by atoms with Crippen molar-refractivity contribution in [2.45, 2.75) is 39.3 Å². The Kier molecular flexibility index (Phi) is 4.83. The lowest BCUT2D eigenvalue weighted by Crippen LogP contribution is -2.36. The molecule has 106 valence electrons. The highest BCUT2D eigenvalue weighted by atomic mass is 16.5. The average Bonchev–Trinajstić information content (AvgIpc) is 3.23. The van der Waals surface area contributed by atoms with E-state index in [2.05, 4.69) is 24.8 Å². The molecule has 1 fully saturated rings. The van der Waals surface area contributed by atoms with Gasteiger partial charge in [0.05, 0.1) is 6.61 Å². The molecule has 1 atom stereocenters. The molecule has 1 aliphatic carbocycles. The number of hydrogen-bond donors (Lipinski definition) is 1. The molecule has 0 heterocycles. The first-order valence-electron chi connectivity index (χ1n) is 7.20. The van der Waals surface area contributed by atoms with Crippen LogP contribution in [0.1, 0.15) is 30.9 Å². The quantitative estimate of drug-likeness (QED) is 0.768. The molecule has 0 aromatic heterocycles. The van der Waals surface area contributed by atoms with Crippen molar-refractivity contribution in [3.05, 3.63) is 29.3 Å². The van der Waals surface area contributed by atoms with Gasteiger partial charge in [0.2, 0.25) is 0 Å². The molecule has 0 saturated heterocycles. The van der Waals surface area contributed by atoms with Crippen LogP contribution in [0.15, 0.2) is 18.2 Å². The molecule has 1 aromatic carbocycles. The highest BCUT2D eigenvalue weighted by molar-refractivity contribution is 5.49. The molecule has 19 heavy (non-hydrogen) atoms. The Labute approximate surface area is 116 Å². The summed E-state index contributed by atoms with van der Waals surface area (Å²) >= 11 is 0. The minimum atomic E-state index is 0.635. The van der Waals surface area contributed by atoms with Crippen molar-refractivity contribution in [3.63, 3.8) is 0 Å². The molecule has 0 bridgehead atoms. The molecule has 1 aliphatic rings. The highest BCUT2D eigenvalue weighted by Crippen LogP contribution is 2.35. The van der Waals surface area contributed by atoms with Gasteiger partial charge in [-0.05, 0) is 49.8 Å². The maximum Gasteiger partial charge on any atom is 0.0589 e. The van der Waals surface area contributed by atoms with Gasteiger partial charge in [0.25, 0.3) is 0 Å². The van der Waals surface area contributed by atoms with Gasteiger partial charge in [0.15, 0.2) is 0 Å². The van der Waals surface area contributed by atoms with Crippen molar-refractivity contribution in [1.82, 2.24) is 4.90 Å². The van der Waals surface area contributed by atoms with Gasteiger partial charge in [-0.3, -0.25) is 4.90 Å². The zero-order valence-electron chi connectivity index (χ0n) is 12.4. The van der Waals surface area contributed by atoms with Crippen molar-refractivity contribution in [2.24, 2.45) is 5.92 Å². The van der Waals surface area contributed by atoms with E-state index in [9.17, 15) is 0 Å². The summed E-state index contributed by atoms with van der Waals surface area (Å²) in [5.74, 6) is 0.873. The summed E-state index contributed by atoms with van der Waals surface area (Å²) in [4.78, 5) is 2.53. The van der Waals surface area contributed by atoms with E-state index in [1.54, 1.807) is 7.11 Å². The summed E-state index contributed by atoms with van der Waals surface area (Å²) < 4.78 is 5.25. The van der Waals surface area contributed by atoms with E-state index in [4.69, 9.17) is 10.5 Å². The first kappa shape index (κ1) is 14.4. The number of nitrogens with zero attached hydrogens (tertiary/aromatic N) is 1. The molecule has 2 rings (SSSR count). The second-order valence-electron chi connectivity index (χ2n) is 5.67. The zero-order valence-corrected chi connectivity index (χ0v) is 12.4. The minimum absolute atomic E-state index is 0.635. The van der Waals surface area contributed by atoms with Crippen LogP contribution in [0.3, 0.4) is 0 Å². The van der Waals surface area contributed by atoms with Crippen molar-refractivity contribution in [3.8, 4) is 0 Å². The molecule has 3 nitrogen and oxygen atoms in total. The maximum atomic E-state index is 6.00. The summed E-state index contributed by atoms with van der Waals surface area (Å²) in [6.07, 6.45) is 2.75. The largest absolute Gasteiger partial charge is 0.399 e. The summed E-state index contributed by atoms with van der Waals surface area (Å²) in [5.41, 5.74) is 9.45. The lowest BCUT2D eigenvalue weighted by molar-refractivity contribution is 0.111. The predicted octanol–water partition coefficient (Wildman–Crippen LogP) is 2.82. The number of ether oxygens (including phenoxy) is 1. The second-order valence-corrected chi connectivity index (χ2v) is 5.67. The standard InChI is InChI=1S/C16H26N2O/c1-12-15(5-4-6-16(12)17)11-18(9-10-19-3)13(2)14-7-8-14/h4-6,13-14H,7-11,17H2,1-3H3. The van der Waals surface area contributed by atoms with Crippen LogP contribution in [0.4, 0.5) is 5.69 Å². The van der Waals surface area contributed by atoms with E-state index >= 15 is 0 Å². The van der Waals surface area contributed by atoms with Gasteiger partial charge in [0, 0.05) is 31.9 Å². The van der Waals surface area contributed by atoms with Crippen molar-refractivity contribution >= 4 is 5.69 Å². The van der Waals surface area contributed by atoms with Gasteiger partial charge in [-0.25, -0.2) is 0 Å². The summed E-state index contributed by atoms with van der Waals surface area (Å²) in [6, 6.07) is 6.85. The molecular weight excluding hydrogens is 236 g/mol. The smallest absolute Gasteiger partial charge is 0.0589 e. The Morgan fingerprint density at radius 2 is 2.16 bits per heavy atom. The van der Waals surface area contributed by atoms with E-state index in [0.29, 0.717) is 6.04 Å². The molecule has 0 spiro atoms. The first-order valence-corrected chi connectivity index (χ1v) is 7.20. The monoisotopic (exact) mass is 262 g/mol. The number of anilines is 1. The molecule has 1 saturated carbocycles. The summed E-state index contributed by atoms with van der Waals surface area (Å²) in [7, 11) is 1.77. The van der Waals surface area contributed by atoms with Gasteiger partial charge in [-0.1, -0.05) is 12.1 Å². The predicted molar refractivity (Wildman–Crippen MR) is 80.1 cm³/mol. The van der Waals surface area contributed by atoms with E-state index in [1.165, 1.54) is 24.0 Å². The van der Waals surface area contributed by atoms with Crippen LogP contribution in [-0.2, 0) is 11.3 Å². The summed E-state index contributed by atoms with van der Waals surface area (Å²) in [5, 5.41) is 0. The fraction of sp³-hybridized carbons (Fsp3) is 0.625. The third-order valence-electron chi connectivity index (χ3n) is 4.32. The Hall–Kier alpha value is -1.06. The van der Waals surface area contributed by atoms with E-state index in [1.807, 2.05) is 12.1 Å². The maximum absolute atomic E-state index is 6.00. The van der Waals surface area contributed by atoms with Crippen molar-refractivity contribution < 1.29 is 4.74 Å². The van der Waals surface area contributed by atoms with Gasteiger partial charge < -0.3 is 10.5 Å². The van der Waals surface area contributed by atoms with Gasteiger partial charge in [-0.15, -0.1) is 0 Å². The Balaban J connectivity index is 2.07. The van der Waals surface area contributed by atoms with Crippen molar-refractivity contribution in [2.75, 3.05) is 26.0 Å². The minimum Gasteiger partial charge on any atom is -0.399 e. The van der Waals surface area contributed by atoms with Crippen LogP contribution >= 0.6 is 0 Å². The average molecular weight is 262 g/mol. The lowest BCUT2D eigenvalue weighted by Gasteiger charge is -2.29. The van der Waals surface area contributed by atoms with Crippen molar-refractivity contribution in [1.29, 1.82) is 0 Å². The van der Waals surface area contributed by atoms with Gasteiger partial charge in [-0.2, -0.15) is 0 Å². The van der Waals surface area contributed by atoms with Gasteiger partial charge in [0.1, 0.15) is 0 Å². The van der Waals surface area contributed by atoms with Crippen LogP contribution in [0.25, 0.3) is 0 Å². The number of benzene rings is 1. The van der Waals surface area contributed by atoms with E-state index in [-0.39, 0.29) is 0 Å². The second kappa shape index (κ2) is 6.40. The fourth-order valence-electron chi connectivity index (χ4n) is 2.61. The first-order chi connectivity index (χ1) is 9.13. The Bertz CT molecular complexity index is 415. The third kappa shape index (κ3) is 3.71. The SMILES string of the molecule is COCCN(Cc1cccc(N)c1C)C(C)C1CC1. The number of nitrogens with two attached hydrogens (primary N) is 1. The molecule has 0 amide bonds. The Morgan fingerprint density at radius 3 is 2.79 bits per heavy atom. The third-order valence-corrected chi connectivity index (χ3v) is 4.32. The number of rotatable bonds is 7. The Morgan fingerprint density at radius 1 is 1.42 bits per heavy atom. The van der Waals surface area contributed by atoms with Crippen LogP contribution in [0.2, 0.25) is 0 Å². The molecule has 0 aliphatic heterocycles. The number of nitrogen functional groups attached to an aromatic ring is 1. The van der Waals surface area contributed by atoms with E-state index in [0.717, 1.165) is 31.3 Å². The number of hydrogen-bond acceptors (Lipinski definition) is 3. The van der Waals surface area contributed by atoms with E-state index < -0.39 is 0 Å². The highest BCUT2D eigenvalue weighted by Gasteiger charge is 2.31. The molecule has 0 radical (unpaired) electrons. The molecular formula is C16H26N2O.